The molecule has 20 heavy (non-hydrogen) atoms. The molecule has 1 atom stereocenters. The second-order valence-corrected chi connectivity index (χ2v) is 8.11. The van der Waals surface area contributed by atoms with E-state index in [1.165, 1.54) is 52.9 Å². The highest BCUT2D eigenvalue weighted by Gasteiger charge is 2.25. The van der Waals surface area contributed by atoms with Crippen molar-refractivity contribution in [2.45, 2.75) is 57.7 Å². The van der Waals surface area contributed by atoms with Crippen molar-refractivity contribution in [3.63, 3.8) is 0 Å². The molecule has 2 aliphatic rings. The molecule has 2 fully saturated rings. The van der Waals surface area contributed by atoms with E-state index >= 15 is 0 Å². The monoisotopic (exact) mass is 311 g/mol. The lowest BCUT2D eigenvalue weighted by Crippen LogP contribution is -2.31. The summed E-state index contributed by atoms with van der Waals surface area (Å²) in [5, 5.41) is 4.87. The van der Waals surface area contributed by atoms with Crippen molar-refractivity contribution in [3.8, 4) is 0 Å². The Balaban J connectivity index is 1.70. The van der Waals surface area contributed by atoms with E-state index in [-0.39, 0.29) is 0 Å². The Morgan fingerprint density at radius 3 is 2.85 bits per heavy atom. The van der Waals surface area contributed by atoms with Crippen LogP contribution in [0.2, 0.25) is 0 Å². The van der Waals surface area contributed by atoms with Crippen molar-refractivity contribution >= 4 is 28.2 Å². The quantitative estimate of drug-likeness (QED) is 0.836. The van der Waals surface area contributed by atoms with Gasteiger partial charge in [0, 0.05) is 36.3 Å². The fourth-order valence-electron chi connectivity index (χ4n) is 2.60. The summed E-state index contributed by atoms with van der Waals surface area (Å²) in [6.07, 6.45) is 6.31. The Labute approximate surface area is 130 Å². The van der Waals surface area contributed by atoms with Crippen LogP contribution < -0.4 is 10.2 Å². The molecular formula is C15H25N3S2. The molecular weight excluding hydrogens is 286 g/mol. The molecule has 3 rings (SSSR count). The molecule has 1 saturated heterocycles. The van der Waals surface area contributed by atoms with Gasteiger partial charge in [-0.2, -0.15) is 11.8 Å². The Morgan fingerprint density at radius 2 is 2.20 bits per heavy atom. The summed E-state index contributed by atoms with van der Waals surface area (Å²) in [4.78, 5) is 8.82. The predicted octanol–water partition coefficient (Wildman–Crippen LogP) is 3.29. The Hall–Kier alpha value is -0.260. The molecule has 3 nitrogen and oxygen atoms in total. The molecule has 1 aliphatic carbocycles. The minimum Gasteiger partial charge on any atom is -0.347 e. The Kier molecular flexibility index (Phi) is 4.89. The topological polar surface area (TPSA) is 28.2 Å². The standard InChI is InChI=1S/C15H25N3S2/c1-3-4-13-14(9-16-11-5-6-11)20-15(17-13)18(2)12-7-8-19-10-12/h11-12,16H,3-10H2,1-2H3. The van der Waals surface area contributed by atoms with Crippen LogP contribution in [0, 0.1) is 0 Å². The lowest BCUT2D eigenvalue weighted by molar-refractivity contribution is 0.684. The smallest absolute Gasteiger partial charge is 0.185 e. The van der Waals surface area contributed by atoms with E-state index in [2.05, 4.69) is 35.9 Å². The fraction of sp³-hybridized carbons (Fsp3) is 0.800. The predicted molar refractivity (Wildman–Crippen MR) is 90.1 cm³/mol. The molecule has 1 aromatic rings. The van der Waals surface area contributed by atoms with Crippen LogP contribution in [-0.4, -0.2) is 35.6 Å². The van der Waals surface area contributed by atoms with Gasteiger partial charge in [0.15, 0.2) is 5.13 Å². The molecule has 1 saturated carbocycles. The molecule has 112 valence electrons. The zero-order valence-electron chi connectivity index (χ0n) is 12.5. The van der Waals surface area contributed by atoms with Gasteiger partial charge in [0.05, 0.1) is 5.69 Å². The first-order chi connectivity index (χ1) is 9.78. The first-order valence-corrected chi connectivity index (χ1v) is 9.77. The third kappa shape index (κ3) is 3.49. The minimum atomic E-state index is 0.685. The maximum absolute atomic E-state index is 4.94. The highest BCUT2D eigenvalue weighted by atomic mass is 32.2. The molecule has 0 bridgehead atoms. The van der Waals surface area contributed by atoms with Gasteiger partial charge in [0.2, 0.25) is 0 Å². The second kappa shape index (κ2) is 6.67. The SMILES string of the molecule is CCCc1nc(N(C)C2CCSC2)sc1CNC1CC1. The van der Waals surface area contributed by atoms with Crippen LogP contribution in [0.5, 0.6) is 0 Å². The van der Waals surface area contributed by atoms with E-state index in [9.17, 15) is 0 Å². The summed E-state index contributed by atoms with van der Waals surface area (Å²) in [5.41, 5.74) is 1.33. The third-order valence-corrected chi connectivity index (χ3v) is 6.47. The Morgan fingerprint density at radius 1 is 1.35 bits per heavy atom. The average Bonchev–Trinajstić information content (AvgIpc) is 2.97. The van der Waals surface area contributed by atoms with Gasteiger partial charge in [-0.15, -0.1) is 11.3 Å². The molecule has 2 heterocycles. The van der Waals surface area contributed by atoms with E-state index < -0.39 is 0 Å². The molecule has 1 N–H and O–H groups in total. The van der Waals surface area contributed by atoms with Crippen molar-refractivity contribution in [2.75, 3.05) is 23.5 Å². The number of hydrogen-bond donors (Lipinski definition) is 1. The summed E-state index contributed by atoms with van der Waals surface area (Å²) >= 11 is 3.98. The number of anilines is 1. The van der Waals surface area contributed by atoms with Gasteiger partial charge in [0.1, 0.15) is 0 Å². The lowest BCUT2D eigenvalue weighted by atomic mass is 10.2. The highest BCUT2D eigenvalue weighted by molar-refractivity contribution is 7.99. The maximum Gasteiger partial charge on any atom is 0.185 e. The van der Waals surface area contributed by atoms with Crippen LogP contribution in [0.15, 0.2) is 0 Å². The van der Waals surface area contributed by atoms with Crippen molar-refractivity contribution in [2.24, 2.45) is 0 Å². The molecule has 0 aromatic carbocycles. The second-order valence-electron chi connectivity index (χ2n) is 5.90. The average molecular weight is 312 g/mol. The van der Waals surface area contributed by atoms with Crippen molar-refractivity contribution in [1.82, 2.24) is 10.3 Å². The lowest BCUT2D eigenvalue weighted by Gasteiger charge is -2.22. The highest BCUT2D eigenvalue weighted by Crippen LogP contribution is 2.32. The zero-order chi connectivity index (χ0) is 13.9. The van der Waals surface area contributed by atoms with E-state index in [4.69, 9.17) is 4.98 Å². The number of nitrogens with zero attached hydrogens (tertiary/aromatic N) is 2. The molecule has 5 heteroatoms. The van der Waals surface area contributed by atoms with E-state index in [1.807, 2.05) is 11.3 Å². The third-order valence-electron chi connectivity index (χ3n) is 4.14. The van der Waals surface area contributed by atoms with Crippen LogP contribution in [-0.2, 0) is 13.0 Å². The molecule has 1 aliphatic heterocycles. The normalized spacial score (nSPS) is 22.4. The van der Waals surface area contributed by atoms with Gasteiger partial charge < -0.3 is 10.2 Å². The van der Waals surface area contributed by atoms with E-state index in [0.717, 1.165) is 19.0 Å². The number of thioether (sulfide) groups is 1. The molecule has 0 radical (unpaired) electrons. The van der Waals surface area contributed by atoms with E-state index in [0.29, 0.717) is 6.04 Å². The summed E-state index contributed by atoms with van der Waals surface area (Å²) in [7, 11) is 2.23. The number of hydrogen-bond acceptors (Lipinski definition) is 5. The maximum atomic E-state index is 4.94. The number of nitrogens with one attached hydrogen (secondary N) is 1. The fourth-order valence-corrected chi connectivity index (χ4v) is 4.96. The van der Waals surface area contributed by atoms with Crippen LogP contribution in [0.25, 0.3) is 0 Å². The first-order valence-electron chi connectivity index (χ1n) is 7.80. The van der Waals surface area contributed by atoms with Crippen LogP contribution in [0.4, 0.5) is 5.13 Å². The van der Waals surface area contributed by atoms with Gasteiger partial charge in [0.25, 0.3) is 0 Å². The minimum absolute atomic E-state index is 0.685. The summed E-state index contributed by atoms with van der Waals surface area (Å²) in [6, 6.07) is 1.46. The Bertz CT molecular complexity index is 436. The summed E-state index contributed by atoms with van der Waals surface area (Å²) in [5.74, 6) is 2.56. The molecule has 1 aromatic heterocycles. The van der Waals surface area contributed by atoms with Gasteiger partial charge >= 0.3 is 0 Å². The number of thiazole rings is 1. The van der Waals surface area contributed by atoms with Crippen LogP contribution in [0.1, 0.15) is 43.2 Å². The first kappa shape index (κ1) is 14.7. The van der Waals surface area contributed by atoms with Crippen LogP contribution >= 0.6 is 23.1 Å². The van der Waals surface area contributed by atoms with Crippen molar-refractivity contribution in [3.05, 3.63) is 10.6 Å². The van der Waals surface area contributed by atoms with Gasteiger partial charge in [-0.1, -0.05) is 13.3 Å². The van der Waals surface area contributed by atoms with Crippen molar-refractivity contribution in [1.29, 1.82) is 0 Å². The molecule has 1 unspecified atom stereocenters. The summed E-state index contributed by atoms with van der Waals surface area (Å²) in [6.45, 7) is 3.26. The largest absolute Gasteiger partial charge is 0.347 e. The summed E-state index contributed by atoms with van der Waals surface area (Å²) < 4.78 is 0. The zero-order valence-corrected chi connectivity index (χ0v) is 14.2. The number of rotatable bonds is 7. The van der Waals surface area contributed by atoms with Gasteiger partial charge in [-0.25, -0.2) is 4.98 Å². The number of aryl methyl sites for hydroxylation is 1. The van der Waals surface area contributed by atoms with Gasteiger partial charge in [-0.3, -0.25) is 0 Å². The van der Waals surface area contributed by atoms with Gasteiger partial charge in [-0.05, 0) is 31.4 Å². The molecule has 0 spiro atoms. The van der Waals surface area contributed by atoms with Crippen molar-refractivity contribution < 1.29 is 0 Å². The number of aromatic nitrogens is 1. The van der Waals surface area contributed by atoms with E-state index in [1.54, 1.807) is 0 Å². The van der Waals surface area contributed by atoms with Crippen LogP contribution in [0.3, 0.4) is 0 Å². The molecule has 0 amide bonds.